The summed E-state index contributed by atoms with van der Waals surface area (Å²) in [5.41, 5.74) is 5.84. The number of anilines is 2. The molecule has 0 aliphatic heterocycles. The van der Waals surface area contributed by atoms with E-state index in [9.17, 15) is 14.9 Å². The van der Waals surface area contributed by atoms with Crippen LogP contribution in [0, 0.1) is 10.1 Å². The lowest BCUT2D eigenvalue weighted by Gasteiger charge is -2.12. The number of halogens is 1. The molecule has 33 heavy (non-hydrogen) atoms. The molecule has 0 unspecified atom stereocenters. The fourth-order valence-corrected chi connectivity index (χ4v) is 3.19. The van der Waals surface area contributed by atoms with Crippen molar-refractivity contribution in [1.82, 2.24) is 15.4 Å². The highest BCUT2D eigenvalue weighted by molar-refractivity contribution is 9.10. The van der Waals surface area contributed by atoms with Gasteiger partial charge in [-0.3, -0.25) is 25.8 Å². The number of nitrogens with one attached hydrogen (secondary N) is 3. The van der Waals surface area contributed by atoms with Crippen LogP contribution < -0.4 is 25.6 Å². The fourth-order valence-electron chi connectivity index (χ4n) is 2.92. The smallest absolute Gasteiger partial charge is 0.354 e. The summed E-state index contributed by atoms with van der Waals surface area (Å²) in [5.74, 6) is 0.612. The van der Waals surface area contributed by atoms with E-state index >= 15 is 0 Å². The summed E-state index contributed by atoms with van der Waals surface area (Å²) in [4.78, 5) is 31.2. The maximum absolute atomic E-state index is 12.3. The molecule has 3 rings (SSSR count). The molecule has 1 amide bonds. The van der Waals surface area contributed by atoms with Gasteiger partial charge in [0.15, 0.2) is 11.5 Å². The van der Waals surface area contributed by atoms with Crippen molar-refractivity contribution in [1.29, 1.82) is 0 Å². The van der Waals surface area contributed by atoms with Crippen LogP contribution in [-0.4, -0.2) is 41.6 Å². The summed E-state index contributed by atoms with van der Waals surface area (Å²) in [6, 6.07) is 12.1. The lowest BCUT2D eigenvalue weighted by Crippen LogP contribution is -2.30. The Labute approximate surface area is 197 Å². The number of ether oxygens (including phenoxy) is 2. The Bertz CT molecular complexity index is 1140. The third-order valence-electron chi connectivity index (χ3n) is 4.56. The van der Waals surface area contributed by atoms with E-state index in [0.717, 1.165) is 10.0 Å². The molecule has 0 aliphatic rings. The number of carbonyl (C=O) groups excluding carboxylic acids is 1. The van der Waals surface area contributed by atoms with Gasteiger partial charge in [-0.1, -0.05) is 22.0 Å². The zero-order chi connectivity index (χ0) is 23.8. The van der Waals surface area contributed by atoms with Crippen LogP contribution in [0.2, 0.25) is 0 Å². The van der Waals surface area contributed by atoms with Gasteiger partial charge in [0.2, 0.25) is 11.6 Å². The van der Waals surface area contributed by atoms with Crippen molar-refractivity contribution in [2.75, 3.05) is 31.5 Å². The summed E-state index contributed by atoms with van der Waals surface area (Å²) in [7, 11) is 3.11. The standard InChI is InChI=1S/C21H21BrN6O5/c1-32-16-8-3-13(11-17(16)33-2)9-10-23-19-18(28(30)31)20(25-12-24-19)26-27-21(29)14-4-6-15(22)7-5-14/h3-8,11-12H,9-10H2,1-2H3,(H,27,29)(H2,23,24,25,26). The minimum atomic E-state index is -0.618. The van der Waals surface area contributed by atoms with Crippen molar-refractivity contribution in [3.63, 3.8) is 0 Å². The summed E-state index contributed by atoms with van der Waals surface area (Å²) < 4.78 is 11.3. The quantitative estimate of drug-likeness (QED) is 0.272. The predicted molar refractivity (Wildman–Crippen MR) is 126 cm³/mol. The van der Waals surface area contributed by atoms with Crippen molar-refractivity contribution >= 4 is 39.2 Å². The molecule has 0 saturated heterocycles. The molecular formula is C21H21BrN6O5. The third-order valence-corrected chi connectivity index (χ3v) is 5.09. The first-order valence-corrected chi connectivity index (χ1v) is 10.5. The molecule has 0 saturated carbocycles. The highest BCUT2D eigenvalue weighted by Crippen LogP contribution is 2.29. The van der Waals surface area contributed by atoms with Crippen molar-refractivity contribution in [2.24, 2.45) is 0 Å². The molecule has 11 nitrogen and oxygen atoms in total. The van der Waals surface area contributed by atoms with Crippen LogP contribution in [-0.2, 0) is 6.42 Å². The van der Waals surface area contributed by atoms with Gasteiger partial charge >= 0.3 is 5.69 Å². The van der Waals surface area contributed by atoms with E-state index in [4.69, 9.17) is 9.47 Å². The van der Waals surface area contributed by atoms with E-state index in [1.165, 1.54) is 6.33 Å². The molecule has 0 fully saturated rings. The molecule has 1 aromatic heterocycles. The molecular weight excluding hydrogens is 496 g/mol. The Morgan fingerprint density at radius 1 is 1.06 bits per heavy atom. The summed E-state index contributed by atoms with van der Waals surface area (Å²) in [6.45, 7) is 0.359. The molecule has 3 aromatic rings. The average Bonchev–Trinajstić information content (AvgIpc) is 2.82. The van der Waals surface area contributed by atoms with Crippen LogP contribution >= 0.6 is 15.9 Å². The van der Waals surface area contributed by atoms with Gasteiger partial charge < -0.3 is 14.8 Å². The number of benzene rings is 2. The number of nitrogens with zero attached hydrogens (tertiary/aromatic N) is 3. The number of rotatable bonds is 10. The van der Waals surface area contributed by atoms with E-state index in [2.05, 4.69) is 42.1 Å². The molecule has 0 aliphatic carbocycles. The molecule has 12 heteroatoms. The van der Waals surface area contributed by atoms with Crippen LogP contribution in [0.3, 0.4) is 0 Å². The first-order chi connectivity index (χ1) is 15.9. The number of amides is 1. The van der Waals surface area contributed by atoms with E-state index in [-0.39, 0.29) is 17.3 Å². The second-order valence-electron chi connectivity index (χ2n) is 6.63. The van der Waals surface area contributed by atoms with Crippen molar-refractivity contribution in [3.05, 3.63) is 74.5 Å². The van der Waals surface area contributed by atoms with Gasteiger partial charge in [0.25, 0.3) is 5.91 Å². The average molecular weight is 517 g/mol. The third kappa shape index (κ3) is 6.07. The van der Waals surface area contributed by atoms with E-state index in [0.29, 0.717) is 30.0 Å². The highest BCUT2D eigenvalue weighted by atomic mass is 79.9. The number of aromatic nitrogens is 2. The predicted octanol–water partition coefficient (Wildman–Crippen LogP) is 3.58. The number of methoxy groups -OCH3 is 2. The monoisotopic (exact) mass is 516 g/mol. The molecule has 3 N–H and O–H groups in total. The first kappa shape index (κ1) is 23.7. The number of nitro groups is 1. The number of hydrogen-bond acceptors (Lipinski definition) is 9. The number of carbonyl (C=O) groups is 1. The first-order valence-electron chi connectivity index (χ1n) is 9.69. The van der Waals surface area contributed by atoms with E-state index in [1.807, 2.05) is 12.1 Å². The molecule has 0 radical (unpaired) electrons. The van der Waals surface area contributed by atoms with Gasteiger partial charge in [-0.25, -0.2) is 9.97 Å². The van der Waals surface area contributed by atoms with E-state index in [1.54, 1.807) is 44.6 Å². The van der Waals surface area contributed by atoms with Crippen molar-refractivity contribution in [3.8, 4) is 11.5 Å². The van der Waals surface area contributed by atoms with Gasteiger partial charge in [0, 0.05) is 16.6 Å². The summed E-state index contributed by atoms with van der Waals surface area (Å²) >= 11 is 3.29. The minimum Gasteiger partial charge on any atom is -0.493 e. The van der Waals surface area contributed by atoms with Crippen LogP contribution in [0.15, 0.2) is 53.3 Å². The van der Waals surface area contributed by atoms with Crippen molar-refractivity contribution in [2.45, 2.75) is 6.42 Å². The lowest BCUT2D eigenvalue weighted by atomic mass is 10.1. The minimum absolute atomic E-state index is 0.0240. The normalized spacial score (nSPS) is 10.3. The van der Waals surface area contributed by atoms with Crippen LogP contribution in [0.25, 0.3) is 0 Å². The summed E-state index contributed by atoms with van der Waals surface area (Å²) in [5, 5.41) is 14.6. The Hall–Kier alpha value is -3.93. The Morgan fingerprint density at radius 3 is 2.42 bits per heavy atom. The van der Waals surface area contributed by atoms with Gasteiger partial charge in [-0.15, -0.1) is 0 Å². The molecule has 1 heterocycles. The molecule has 0 bridgehead atoms. The molecule has 2 aromatic carbocycles. The van der Waals surface area contributed by atoms with Gasteiger partial charge in [0.05, 0.1) is 19.1 Å². The molecule has 0 atom stereocenters. The largest absolute Gasteiger partial charge is 0.493 e. The topological polar surface area (TPSA) is 141 Å². The fraction of sp³-hybridized carbons (Fsp3) is 0.190. The van der Waals surface area contributed by atoms with Crippen LogP contribution in [0.5, 0.6) is 11.5 Å². The van der Waals surface area contributed by atoms with Gasteiger partial charge in [-0.05, 0) is 48.4 Å². The maximum atomic E-state index is 12.3. The lowest BCUT2D eigenvalue weighted by molar-refractivity contribution is -0.383. The zero-order valence-electron chi connectivity index (χ0n) is 17.8. The Morgan fingerprint density at radius 2 is 1.76 bits per heavy atom. The van der Waals surface area contributed by atoms with Crippen LogP contribution in [0.1, 0.15) is 15.9 Å². The van der Waals surface area contributed by atoms with Gasteiger partial charge in [0.1, 0.15) is 6.33 Å². The Kier molecular flexibility index (Phi) is 7.97. The second kappa shape index (κ2) is 11.1. The SMILES string of the molecule is COc1ccc(CCNc2ncnc(NNC(=O)c3ccc(Br)cc3)c2[N+](=O)[O-])cc1OC. The number of hydrazine groups is 1. The van der Waals surface area contributed by atoms with Gasteiger partial charge in [-0.2, -0.15) is 0 Å². The molecule has 0 spiro atoms. The highest BCUT2D eigenvalue weighted by Gasteiger charge is 2.23. The van der Waals surface area contributed by atoms with E-state index < -0.39 is 10.8 Å². The second-order valence-corrected chi connectivity index (χ2v) is 7.54. The van der Waals surface area contributed by atoms with Crippen molar-refractivity contribution < 1.29 is 19.2 Å². The van der Waals surface area contributed by atoms with Crippen LogP contribution in [0.4, 0.5) is 17.3 Å². The maximum Gasteiger partial charge on any atom is 0.354 e. The Balaban J connectivity index is 1.68. The zero-order valence-corrected chi connectivity index (χ0v) is 19.4. The summed E-state index contributed by atoms with van der Waals surface area (Å²) in [6.07, 6.45) is 1.71. The number of hydrogen-bond donors (Lipinski definition) is 3. The molecule has 172 valence electrons.